The third-order valence-corrected chi connectivity index (χ3v) is 6.04. The van der Waals surface area contributed by atoms with Crippen LogP contribution in [-0.4, -0.2) is 55.2 Å². The molecule has 1 N–H and O–H groups in total. The van der Waals surface area contributed by atoms with Gasteiger partial charge >= 0.3 is 11.8 Å². The van der Waals surface area contributed by atoms with Crippen LogP contribution in [0.3, 0.4) is 0 Å². The molecule has 2 aromatic rings. The van der Waals surface area contributed by atoms with Crippen LogP contribution < -0.4 is 15.0 Å². The Hall–Kier alpha value is -3.13. The van der Waals surface area contributed by atoms with Crippen molar-refractivity contribution in [2.45, 2.75) is 26.4 Å². The van der Waals surface area contributed by atoms with Crippen molar-refractivity contribution in [2.24, 2.45) is 5.92 Å². The molecule has 2 fully saturated rings. The van der Waals surface area contributed by atoms with Crippen LogP contribution in [0.4, 0.5) is 16.2 Å². The first-order chi connectivity index (χ1) is 15.6. The summed E-state index contributed by atoms with van der Waals surface area (Å²) in [6.45, 7) is 6.87. The molecule has 2 aromatic carbocycles. The minimum Gasteiger partial charge on any atom is -0.410 e. The van der Waals surface area contributed by atoms with Gasteiger partial charge in [-0.15, -0.1) is 0 Å². The predicted molar refractivity (Wildman–Crippen MR) is 122 cm³/mol. The summed E-state index contributed by atoms with van der Waals surface area (Å²) < 4.78 is 5.64. The summed E-state index contributed by atoms with van der Waals surface area (Å²) in [7, 11) is 0. The molecule has 0 bridgehead atoms. The molecule has 1 amide bonds. The number of ether oxygens (including phenoxy) is 1. The number of piperidine rings is 1. The molecule has 2 saturated heterocycles. The zero-order chi connectivity index (χ0) is 22.3. The van der Waals surface area contributed by atoms with Crippen molar-refractivity contribution >= 4 is 17.5 Å². The third kappa shape index (κ3) is 5.56. The number of amides is 1. The minimum absolute atomic E-state index is 0.181. The summed E-state index contributed by atoms with van der Waals surface area (Å²) in [5.41, 5.74) is 2.06. The zero-order valence-electron chi connectivity index (χ0n) is 18.5. The van der Waals surface area contributed by atoms with E-state index < -0.39 is 0 Å². The molecule has 2 heterocycles. The molecule has 0 unspecified atom stereocenters. The molecular formula is C24H31N4O4+. The van der Waals surface area contributed by atoms with E-state index in [0.29, 0.717) is 35.4 Å². The van der Waals surface area contributed by atoms with Crippen molar-refractivity contribution in [3.8, 4) is 5.75 Å². The maximum absolute atomic E-state index is 12.9. The molecular weight excluding hydrogens is 408 g/mol. The number of carbonyl (C=O) groups excluding carboxylic acids is 1. The van der Waals surface area contributed by atoms with Crippen molar-refractivity contribution in [3.05, 3.63) is 59.0 Å². The molecule has 0 saturated carbocycles. The van der Waals surface area contributed by atoms with Crippen molar-refractivity contribution in [3.63, 3.8) is 0 Å². The Morgan fingerprint density at radius 1 is 1.06 bits per heavy atom. The second kappa shape index (κ2) is 10.5. The van der Waals surface area contributed by atoms with Gasteiger partial charge in [0.2, 0.25) is 0 Å². The van der Waals surface area contributed by atoms with Crippen molar-refractivity contribution in [1.29, 1.82) is 0 Å². The van der Waals surface area contributed by atoms with E-state index in [1.165, 1.54) is 0 Å². The SMILES string of the molecule is CC1CCN(c2cc(OC(=O)N3CCNCC3)ccc2[N+](=O)OCc2ccccc2)CC1. The Labute approximate surface area is 188 Å². The van der Waals surface area contributed by atoms with Crippen LogP contribution in [0.2, 0.25) is 0 Å². The van der Waals surface area contributed by atoms with E-state index in [-0.39, 0.29) is 12.7 Å². The van der Waals surface area contributed by atoms with Crippen LogP contribution in [0.1, 0.15) is 25.3 Å². The van der Waals surface area contributed by atoms with Crippen LogP contribution in [0, 0.1) is 10.8 Å². The Balaban J connectivity index is 1.51. The molecule has 32 heavy (non-hydrogen) atoms. The van der Waals surface area contributed by atoms with E-state index in [1.54, 1.807) is 23.1 Å². The summed E-state index contributed by atoms with van der Waals surface area (Å²) in [5.74, 6) is 1.09. The van der Waals surface area contributed by atoms with Gasteiger partial charge in [0.1, 0.15) is 11.4 Å². The number of anilines is 1. The molecule has 2 aliphatic rings. The van der Waals surface area contributed by atoms with Crippen LogP contribution in [0.5, 0.6) is 5.75 Å². The van der Waals surface area contributed by atoms with Gasteiger partial charge in [0.05, 0.1) is 4.91 Å². The van der Waals surface area contributed by atoms with Gasteiger partial charge in [-0.25, -0.2) is 9.63 Å². The zero-order valence-corrected chi connectivity index (χ0v) is 18.5. The fraction of sp³-hybridized carbons (Fsp3) is 0.458. The van der Waals surface area contributed by atoms with Gasteiger partial charge in [0.25, 0.3) is 4.92 Å². The van der Waals surface area contributed by atoms with Crippen molar-refractivity contribution < 1.29 is 19.3 Å². The Bertz CT molecular complexity index is 923. The van der Waals surface area contributed by atoms with E-state index >= 15 is 0 Å². The number of piperazine rings is 1. The number of rotatable bonds is 6. The number of hydrogen-bond acceptors (Lipinski definition) is 6. The lowest BCUT2D eigenvalue weighted by Gasteiger charge is -2.31. The third-order valence-electron chi connectivity index (χ3n) is 6.04. The van der Waals surface area contributed by atoms with Gasteiger partial charge in [0, 0.05) is 51.4 Å². The smallest absolute Gasteiger partial charge is 0.410 e. The van der Waals surface area contributed by atoms with Gasteiger partial charge in [-0.1, -0.05) is 37.3 Å². The summed E-state index contributed by atoms with van der Waals surface area (Å²) >= 11 is 0. The lowest BCUT2D eigenvalue weighted by Crippen LogP contribution is -2.47. The van der Waals surface area contributed by atoms with Gasteiger partial charge in [-0.3, -0.25) is 0 Å². The molecule has 0 aromatic heterocycles. The average Bonchev–Trinajstić information content (AvgIpc) is 2.84. The standard InChI is InChI=1S/C24H31N4O4/c1-19-9-13-26(14-10-19)23-17-21(32-24(29)27-15-11-25-12-16-27)7-8-22(23)28(30)31-18-20-5-3-2-4-6-20/h2-8,17,19,25H,9-16,18H2,1H3/q+1. The predicted octanol–water partition coefficient (Wildman–Crippen LogP) is 3.87. The average molecular weight is 440 g/mol. The van der Waals surface area contributed by atoms with E-state index in [0.717, 1.165) is 50.3 Å². The molecule has 4 rings (SSSR count). The van der Waals surface area contributed by atoms with Crippen LogP contribution in [-0.2, 0) is 11.4 Å². The highest BCUT2D eigenvalue weighted by Crippen LogP contribution is 2.35. The highest BCUT2D eigenvalue weighted by molar-refractivity contribution is 5.73. The lowest BCUT2D eigenvalue weighted by atomic mass is 9.98. The first-order valence-corrected chi connectivity index (χ1v) is 11.3. The fourth-order valence-corrected chi connectivity index (χ4v) is 4.01. The van der Waals surface area contributed by atoms with Gasteiger partial charge in [-0.2, -0.15) is 0 Å². The lowest BCUT2D eigenvalue weighted by molar-refractivity contribution is -0.750. The van der Waals surface area contributed by atoms with E-state index in [1.807, 2.05) is 30.3 Å². The van der Waals surface area contributed by atoms with Crippen LogP contribution in [0.15, 0.2) is 48.5 Å². The molecule has 8 heteroatoms. The molecule has 0 radical (unpaired) electrons. The van der Waals surface area contributed by atoms with E-state index in [2.05, 4.69) is 17.1 Å². The van der Waals surface area contributed by atoms with Crippen LogP contribution in [0.25, 0.3) is 0 Å². The maximum atomic E-state index is 12.9. The van der Waals surface area contributed by atoms with E-state index in [9.17, 15) is 9.70 Å². The number of nitrogens with one attached hydrogen (secondary N) is 1. The van der Waals surface area contributed by atoms with E-state index in [4.69, 9.17) is 9.57 Å². The Morgan fingerprint density at radius 3 is 2.50 bits per heavy atom. The van der Waals surface area contributed by atoms with Crippen LogP contribution >= 0.6 is 0 Å². The molecule has 0 spiro atoms. The number of hydrogen-bond donors (Lipinski definition) is 1. The summed E-state index contributed by atoms with van der Waals surface area (Å²) in [5, 5.41) is 3.22. The highest BCUT2D eigenvalue weighted by atomic mass is 16.8. The van der Waals surface area contributed by atoms with Crippen molar-refractivity contribution in [2.75, 3.05) is 44.2 Å². The van der Waals surface area contributed by atoms with Gasteiger partial charge in [0.15, 0.2) is 6.61 Å². The monoisotopic (exact) mass is 439 g/mol. The summed E-state index contributed by atoms with van der Waals surface area (Å²) in [6.07, 6.45) is 1.74. The Kier molecular flexibility index (Phi) is 7.21. The summed E-state index contributed by atoms with van der Waals surface area (Å²) in [6, 6.07) is 14.7. The van der Waals surface area contributed by atoms with Gasteiger partial charge < -0.3 is 19.9 Å². The maximum Gasteiger partial charge on any atom is 0.415 e. The number of carbonyl (C=O) groups is 1. The molecule has 2 aliphatic heterocycles. The molecule has 8 nitrogen and oxygen atoms in total. The van der Waals surface area contributed by atoms with Crippen molar-refractivity contribution in [1.82, 2.24) is 10.2 Å². The van der Waals surface area contributed by atoms with Gasteiger partial charge in [-0.05, 0) is 30.4 Å². The minimum atomic E-state index is -0.364. The summed E-state index contributed by atoms with van der Waals surface area (Å²) in [4.78, 5) is 35.4. The quantitative estimate of drug-likeness (QED) is 0.689. The molecule has 0 atom stereocenters. The molecule has 170 valence electrons. The second-order valence-corrected chi connectivity index (χ2v) is 8.44. The molecule has 0 aliphatic carbocycles. The normalized spacial score (nSPS) is 17.2. The second-order valence-electron chi connectivity index (χ2n) is 8.44. The topological polar surface area (TPSA) is 74.1 Å². The first-order valence-electron chi connectivity index (χ1n) is 11.3. The fourth-order valence-electron chi connectivity index (χ4n) is 4.01. The first kappa shape index (κ1) is 22.1. The number of benzene rings is 2. The number of nitrogens with zero attached hydrogens (tertiary/aromatic N) is 3. The highest BCUT2D eigenvalue weighted by Gasteiger charge is 2.29. The largest absolute Gasteiger partial charge is 0.415 e. The Morgan fingerprint density at radius 2 is 1.78 bits per heavy atom.